The largest absolute Gasteiger partial charge is 0.458 e. The third-order valence-electron chi connectivity index (χ3n) is 2.24. The van der Waals surface area contributed by atoms with Crippen LogP contribution in [0, 0.1) is 0 Å². The van der Waals surface area contributed by atoms with Crippen molar-refractivity contribution in [3.05, 3.63) is 47.0 Å². The van der Waals surface area contributed by atoms with Gasteiger partial charge in [0.25, 0.3) is 0 Å². The number of allylic oxidation sites excluding steroid dienone is 1. The quantitative estimate of drug-likeness (QED) is 0.608. The van der Waals surface area contributed by atoms with Gasteiger partial charge in [0.05, 0.1) is 5.56 Å². The van der Waals surface area contributed by atoms with Crippen LogP contribution < -0.4 is 0 Å². The van der Waals surface area contributed by atoms with Crippen molar-refractivity contribution in [2.24, 2.45) is 0 Å². The molecule has 0 aromatic heterocycles. The van der Waals surface area contributed by atoms with Crippen LogP contribution in [-0.2, 0) is 21.3 Å². The average molecular weight is 266 g/mol. The fraction of sp³-hybridized carbons (Fsp3) is 0.357. The Morgan fingerprint density at radius 2 is 2.11 bits per heavy atom. The molecule has 1 rings (SSSR count). The highest BCUT2D eigenvalue weighted by molar-refractivity contribution is 7.83. The third kappa shape index (κ3) is 5.27. The molecule has 0 aliphatic heterocycles. The number of carbonyl (C=O) groups is 1. The second-order valence-corrected chi connectivity index (χ2v) is 5.73. The minimum Gasteiger partial charge on any atom is -0.458 e. The van der Waals surface area contributed by atoms with E-state index in [0.29, 0.717) is 11.3 Å². The van der Waals surface area contributed by atoms with Crippen LogP contribution in [-0.4, -0.2) is 23.0 Å². The number of benzene rings is 1. The summed E-state index contributed by atoms with van der Waals surface area (Å²) in [5.41, 5.74) is 2.49. The zero-order chi connectivity index (χ0) is 13.5. The number of hydrogen-bond donors (Lipinski definition) is 0. The Morgan fingerprint density at radius 3 is 2.72 bits per heavy atom. The Morgan fingerprint density at radius 1 is 1.39 bits per heavy atom. The van der Waals surface area contributed by atoms with Crippen LogP contribution in [0.1, 0.15) is 29.8 Å². The van der Waals surface area contributed by atoms with Gasteiger partial charge in [0.15, 0.2) is 0 Å². The molecule has 0 saturated heterocycles. The number of esters is 1. The van der Waals surface area contributed by atoms with Gasteiger partial charge in [-0.15, -0.1) is 0 Å². The molecule has 3 nitrogen and oxygen atoms in total. The Bertz CT molecular complexity index is 474. The smallest absolute Gasteiger partial charge is 0.338 e. The monoisotopic (exact) mass is 266 g/mol. The maximum absolute atomic E-state index is 11.7. The minimum atomic E-state index is -0.911. The van der Waals surface area contributed by atoms with E-state index < -0.39 is 10.8 Å². The van der Waals surface area contributed by atoms with Gasteiger partial charge in [-0.3, -0.25) is 4.21 Å². The molecular weight excluding hydrogens is 248 g/mol. The molecule has 4 heteroatoms. The highest BCUT2D eigenvalue weighted by atomic mass is 32.2. The lowest BCUT2D eigenvalue weighted by Crippen LogP contribution is -2.06. The molecule has 1 aromatic rings. The molecule has 0 N–H and O–H groups in total. The molecule has 0 aliphatic carbocycles. The van der Waals surface area contributed by atoms with Crippen molar-refractivity contribution >= 4 is 16.8 Å². The molecule has 0 heterocycles. The normalized spacial score (nSPS) is 11.7. The van der Waals surface area contributed by atoms with Gasteiger partial charge >= 0.3 is 5.97 Å². The number of carbonyl (C=O) groups excluding carboxylic acids is 1. The van der Waals surface area contributed by atoms with Crippen molar-refractivity contribution in [2.45, 2.75) is 19.6 Å². The summed E-state index contributed by atoms with van der Waals surface area (Å²) in [6, 6.07) is 7.06. The van der Waals surface area contributed by atoms with E-state index in [4.69, 9.17) is 4.74 Å². The summed E-state index contributed by atoms with van der Waals surface area (Å²) >= 11 is 0. The van der Waals surface area contributed by atoms with E-state index in [2.05, 4.69) is 0 Å². The van der Waals surface area contributed by atoms with Gasteiger partial charge in [0.2, 0.25) is 0 Å². The molecule has 1 atom stereocenters. The highest BCUT2D eigenvalue weighted by Gasteiger charge is 2.07. The number of hydrogen-bond acceptors (Lipinski definition) is 3. The first-order valence-corrected chi connectivity index (χ1v) is 7.41. The molecule has 0 spiro atoms. The Kier molecular flexibility index (Phi) is 5.78. The lowest BCUT2D eigenvalue weighted by molar-refractivity contribution is 0.0549. The molecule has 0 fully saturated rings. The van der Waals surface area contributed by atoms with Crippen molar-refractivity contribution < 1.29 is 13.7 Å². The zero-order valence-electron chi connectivity index (χ0n) is 10.9. The summed E-state index contributed by atoms with van der Waals surface area (Å²) in [6.45, 7) is 4.18. The topological polar surface area (TPSA) is 43.4 Å². The van der Waals surface area contributed by atoms with Gasteiger partial charge in [-0.05, 0) is 37.6 Å². The summed E-state index contributed by atoms with van der Waals surface area (Å²) in [5.74, 6) is 0.103. The van der Waals surface area contributed by atoms with Crippen molar-refractivity contribution in [3.8, 4) is 0 Å². The minimum absolute atomic E-state index is 0.283. The van der Waals surface area contributed by atoms with Gasteiger partial charge < -0.3 is 4.74 Å². The third-order valence-corrected chi connectivity index (χ3v) is 2.98. The summed E-state index contributed by atoms with van der Waals surface area (Å²) in [7, 11) is -0.911. The number of ether oxygens (including phenoxy) is 1. The van der Waals surface area contributed by atoms with Crippen molar-refractivity contribution in [1.82, 2.24) is 0 Å². The molecular formula is C14H18O3S. The first-order valence-electron chi connectivity index (χ1n) is 5.68. The second kappa shape index (κ2) is 7.11. The lowest BCUT2D eigenvalue weighted by atomic mass is 10.1. The van der Waals surface area contributed by atoms with Crippen molar-refractivity contribution in [2.75, 3.05) is 12.9 Å². The summed E-state index contributed by atoms with van der Waals surface area (Å²) in [5, 5.41) is 0. The molecule has 1 aromatic carbocycles. The standard InChI is InChI=1S/C14H18O3S/c1-11(2)7-8-17-14(15)13-6-4-5-12(9-13)10-18(3)16/h4-7,9H,8,10H2,1-3H3. The molecule has 1 unspecified atom stereocenters. The predicted octanol–water partition coefficient (Wildman–Crippen LogP) is 2.69. The summed E-state index contributed by atoms with van der Waals surface area (Å²) < 4.78 is 16.2. The first kappa shape index (κ1) is 14.6. The fourth-order valence-electron chi connectivity index (χ4n) is 1.39. The molecule has 0 amide bonds. The molecule has 98 valence electrons. The average Bonchev–Trinajstić information content (AvgIpc) is 2.27. The van der Waals surface area contributed by atoms with Gasteiger partial charge in [-0.25, -0.2) is 4.79 Å². The van der Waals surface area contributed by atoms with Crippen LogP contribution in [0.15, 0.2) is 35.9 Å². The van der Waals surface area contributed by atoms with Crippen LogP contribution in [0.25, 0.3) is 0 Å². The molecule has 0 saturated carbocycles. The predicted molar refractivity (Wildman–Crippen MR) is 73.9 cm³/mol. The van der Waals surface area contributed by atoms with Gasteiger partial charge in [0, 0.05) is 22.8 Å². The Balaban J connectivity index is 2.68. The SMILES string of the molecule is CC(C)=CCOC(=O)c1cccc(CS(C)=O)c1. The van der Waals surface area contributed by atoms with Crippen LogP contribution >= 0.6 is 0 Å². The van der Waals surface area contributed by atoms with Crippen LogP contribution in [0.5, 0.6) is 0 Å². The van der Waals surface area contributed by atoms with E-state index in [-0.39, 0.29) is 12.6 Å². The lowest BCUT2D eigenvalue weighted by Gasteiger charge is -2.04. The molecule has 0 bridgehead atoms. The van der Waals surface area contributed by atoms with Crippen LogP contribution in [0.3, 0.4) is 0 Å². The Labute approximate surface area is 110 Å². The van der Waals surface area contributed by atoms with Crippen LogP contribution in [0.2, 0.25) is 0 Å². The number of rotatable bonds is 5. The summed E-state index contributed by atoms with van der Waals surface area (Å²) in [6.07, 6.45) is 3.49. The maximum atomic E-state index is 11.7. The maximum Gasteiger partial charge on any atom is 0.338 e. The van der Waals surface area contributed by atoms with E-state index in [1.54, 1.807) is 24.5 Å². The van der Waals surface area contributed by atoms with Gasteiger partial charge in [0.1, 0.15) is 6.61 Å². The van der Waals surface area contributed by atoms with Crippen molar-refractivity contribution in [3.63, 3.8) is 0 Å². The molecule has 0 radical (unpaired) electrons. The molecule has 18 heavy (non-hydrogen) atoms. The fourth-order valence-corrected chi connectivity index (χ4v) is 2.04. The van der Waals surface area contributed by atoms with Crippen LogP contribution in [0.4, 0.5) is 0 Å². The van der Waals surface area contributed by atoms with E-state index in [0.717, 1.165) is 11.1 Å². The highest BCUT2D eigenvalue weighted by Crippen LogP contribution is 2.09. The van der Waals surface area contributed by atoms with E-state index >= 15 is 0 Å². The van der Waals surface area contributed by atoms with Gasteiger partial charge in [-0.1, -0.05) is 17.7 Å². The Hall–Kier alpha value is -1.42. The molecule has 0 aliphatic rings. The van der Waals surface area contributed by atoms with Gasteiger partial charge in [-0.2, -0.15) is 0 Å². The second-order valence-electron chi connectivity index (χ2n) is 4.30. The van der Waals surface area contributed by atoms with E-state index in [1.807, 2.05) is 26.0 Å². The first-order chi connectivity index (χ1) is 8.49. The summed E-state index contributed by atoms with van der Waals surface area (Å²) in [4.78, 5) is 11.7. The zero-order valence-corrected chi connectivity index (χ0v) is 11.8. The van der Waals surface area contributed by atoms with E-state index in [1.165, 1.54) is 0 Å². The van der Waals surface area contributed by atoms with E-state index in [9.17, 15) is 9.00 Å². The van der Waals surface area contributed by atoms with Crippen molar-refractivity contribution in [1.29, 1.82) is 0 Å².